The SMILES string of the molecule is Cc1ccn(CCc2c[nH]c3ccccc23)c(=O)c1C(=O)NCCC1CNCCO1. The van der Waals surface area contributed by atoms with Gasteiger partial charge in [-0.1, -0.05) is 18.2 Å². The molecule has 1 atom stereocenters. The van der Waals surface area contributed by atoms with Crippen molar-refractivity contribution in [1.82, 2.24) is 20.2 Å². The van der Waals surface area contributed by atoms with E-state index in [1.165, 1.54) is 0 Å². The zero-order chi connectivity index (χ0) is 20.9. The highest BCUT2D eigenvalue weighted by Crippen LogP contribution is 2.18. The molecule has 1 aromatic carbocycles. The number of nitrogens with zero attached hydrogens (tertiary/aromatic N) is 1. The van der Waals surface area contributed by atoms with E-state index in [0.29, 0.717) is 31.7 Å². The Bertz CT molecular complexity index is 1080. The Morgan fingerprint density at radius 3 is 3.00 bits per heavy atom. The quantitative estimate of drug-likeness (QED) is 0.558. The van der Waals surface area contributed by atoms with Gasteiger partial charge >= 0.3 is 0 Å². The number of carbonyl (C=O) groups is 1. The number of aromatic amines is 1. The molecule has 2 aromatic heterocycles. The molecule has 3 N–H and O–H groups in total. The average Bonchev–Trinajstić information content (AvgIpc) is 3.17. The van der Waals surface area contributed by atoms with Crippen LogP contribution >= 0.6 is 0 Å². The van der Waals surface area contributed by atoms with Gasteiger partial charge in [-0.3, -0.25) is 9.59 Å². The molecule has 30 heavy (non-hydrogen) atoms. The largest absolute Gasteiger partial charge is 0.376 e. The van der Waals surface area contributed by atoms with E-state index in [1.807, 2.05) is 30.5 Å². The number of hydrogen-bond acceptors (Lipinski definition) is 4. The summed E-state index contributed by atoms with van der Waals surface area (Å²) in [7, 11) is 0. The summed E-state index contributed by atoms with van der Waals surface area (Å²) >= 11 is 0. The van der Waals surface area contributed by atoms with Crippen LogP contribution < -0.4 is 16.2 Å². The van der Waals surface area contributed by atoms with Gasteiger partial charge in [0, 0.05) is 49.5 Å². The topological polar surface area (TPSA) is 88.2 Å². The Morgan fingerprint density at radius 1 is 1.30 bits per heavy atom. The maximum atomic E-state index is 13.0. The molecule has 4 rings (SSSR count). The monoisotopic (exact) mass is 408 g/mol. The molecule has 1 saturated heterocycles. The minimum Gasteiger partial charge on any atom is -0.376 e. The van der Waals surface area contributed by atoms with Gasteiger partial charge in [-0.05, 0) is 43.0 Å². The highest BCUT2D eigenvalue weighted by molar-refractivity contribution is 5.95. The van der Waals surface area contributed by atoms with Gasteiger partial charge < -0.3 is 24.9 Å². The molecule has 1 aliphatic rings. The van der Waals surface area contributed by atoms with E-state index >= 15 is 0 Å². The number of para-hydroxylation sites is 1. The molecule has 0 radical (unpaired) electrons. The van der Waals surface area contributed by atoms with Crippen LogP contribution in [0.15, 0.2) is 47.5 Å². The lowest BCUT2D eigenvalue weighted by molar-refractivity contribution is 0.0239. The fourth-order valence-electron chi connectivity index (χ4n) is 3.94. The van der Waals surface area contributed by atoms with Crippen LogP contribution in [0.4, 0.5) is 0 Å². The molecule has 7 nitrogen and oxygen atoms in total. The van der Waals surface area contributed by atoms with Gasteiger partial charge in [0.25, 0.3) is 11.5 Å². The van der Waals surface area contributed by atoms with Gasteiger partial charge in [0.1, 0.15) is 5.56 Å². The summed E-state index contributed by atoms with van der Waals surface area (Å²) in [6.45, 7) is 5.15. The second-order valence-corrected chi connectivity index (χ2v) is 7.72. The molecule has 3 aromatic rings. The molecule has 1 amide bonds. The number of H-pyrrole nitrogens is 1. The van der Waals surface area contributed by atoms with Crippen molar-refractivity contribution in [2.45, 2.75) is 32.4 Å². The second kappa shape index (κ2) is 9.28. The minimum absolute atomic E-state index is 0.101. The molecule has 158 valence electrons. The van der Waals surface area contributed by atoms with Crippen LogP contribution in [-0.4, -0.2) is 47.8 Å². The molecule has 3 heterocycles. The number of aryl methyl sites for hydroxylation is 3. The van der Waals surface area contributed by atoms with Gasteiger partial charge in [0.05, 0.1) is 12.7 Å². The molecule has 1 fully saturated rings. The lowest BCUT2D eigenvalue weighted by Gasteiger charge is -2.23. The highest BCUT2D eigenvalue weighted by Gasteiger charge is 2.17. The number of pyridine rings is 1. The number of amides is 1. The lowest BCUT2D eigenvalue weighted by Crippen LogP contribution is -2.41. The molecule has 1 unspecified atom stereocenters. The lowest BCUT2D eigenvalue weighted by atomic mass is 10.1. The summed E-state index contributed by atoms with van der Waals surface area (Å²) in [6, 6.07) is 9.94. The predicted molar refractivity (Wildman–Crippen MR) is 117 cm³/mol. The van der Waals surface area contributed by atoms with Crippen LogP contribution in [-0.2, 0) is 17.7 Å². The first-order valence-electron chi connectivity index (χ1n) is 10.5. The molecule has 0 spiro atoms. The van der Waals surface area contributed by atoms with Crippen molar-refractivity contribution in [3.8, 4) is 0 Å². The van der Waals surface area contributed by atoms with E-state index in [2.05, 4.69) is 21.7 Å². The molecule has 0 saturated carbocycles. The summed E-state index contributed by atoms with van der Waals surface area (Å²) in [5, 5.41) is 7.32. The normalized spacial score (nSPS) is 16.6. The van der Waals surface area contributed by atoms with Crippen molar-refractivity contribution in [2.24, 2.45) is 0 Å². The Labute approximate surface area is 175 Å². The van der Waals surface area contributed by atoms with Gasteiger partial charge in [-0.15, -0.1) is 0 Å². The predicted octanol–water partition coefficient (Wildman–Crippen LogP) is 1.99. The van der Waals surface area contributed by atoms with Crippen LogP contribution in [0.2, 0.25) is 0 Å². The number of morpholine rings is 1. The number of aromatic nitrogens is 2. The van der Waals surface area contributed by atoms with E-state index in [4.69, 9.17) is 4.74 Å². The first kappa shape index (κ1) is 20.4. The molecule has 7 heteroatoms. The van der Waals surface area contributed by atoms with Gasteiger partial charge in [-0.25, -0.2) is 0 Å². The van der Waals surface area contributed by atoms with Crippen LogP contribution in [0.5, 0.6) is 0 Å². The van der Waals surface area contributed by atoms with Crippen molar-refractivity contribution >= 4 is 16.8 Å². The zero-order valence-electron chi connectivity index (χ0n) is 17.2. The van der Waals surface area contributed by atoms with Gasteiger partial charge in [0.2, 0.25) is 0 Å². The first-order chi connectivity index (χ1) is 14.6. The van der Waals surface area contributed by atoms with Crippen molar-refractivity contribution < 1.29 is 9.53 Å². The zero-order valence-corrected chi connectivity index (χ0v) is 17.2. The van der Waals surface area contributed by atoms with E-state index < -0.39 is 0 Å². The van der Waals surface area contributed by atoms with Crippen LogP contribution in [0, 0.1) is 6.92 Å². The Balaban J connectivity index is 1.42. The summed E-state index contributed by atoms with van der Waals surface area (Å²) in [4.78, 5) is 28.9. The van der Waals surface area contributed by atoms with Gasteiger partial charge in [0.15, 0.2) is 0 Å². The Morgan fingerprint density at radius 2 is 2.17 bits per heavy atom. The highest BCUT2D eigenvalue weighted by atomic mass is 16.5. The standard InChI is InChI=1S/C23H28N4O3/c1-16-7-11-27(12-8-17-14-26-20-5-3-2-4-19(17)20)23(29)21(16)22(28)25-9-6-18-15-24-10-13-30-18/h2-5,7,11,14,18,24,26H,6,8-10,12-13,15H2,1H3,(H,25,28). The van der Waals surface area contributed by atoms with E-state index in [1.54, 1.807) is 17.7 Å². The summed E-state index contributed by atoms with van der Waals surface area (Å²) in [5.41, 5.74) is 2.91. The number of carbonyl (C=O) groups excluding carboxylic acids is 1. The third kappa shape index (κ3) is 4.47. The fourth-order valence-corrected chi connectivity index (χ4v) is 3.94. The van der Waals surface area contributed by atoms with E-state index in [9.17, 15) is 9.59 Å². The number of rotatable bonds is 7. The maximum absolute atomic E-state index is 13.0. The van der Waals surface area contributed by atoms with Crippen LogP contribution in [0.3, 0.4) is 0 Å². The Kier molecular flexibility index (Phi) is 6.30. The molecule has 0 aliphatic carbocycles. The number of hydrogen-bond donors (Lipinski definition) is 3. The summed E-state index contributed by atoms with van der Waals surface area (Å²) in [6.07, 6.45) is 5.29. The molecule has 0 bridgehead atoms. The molecular weight excluding hydrogens is 380 g/mol. The van der Waals surface area contributed by atoms with Crippen LogP contribution in [0.1, 0.15) is 27.9 Å². The van der Waals surface area contributed by atoms with Crippen molar-refractivity contribution in [1.29, 1.82) is 0 Å². The van der Waals surface area contributed by atoms with Gasteiger partial charge in [-0.2, -0.15) is 0 Å². The fraction of sp³-hybridized carbons (Fsp3) is 0.391. The number of ether oxygens (including phenoxy) is 1. The Hall–Kier alpha value is -2.90. The van der Waals surface area contributed by atoms with Crippen molar-refractivity contribution in [2.75, 3.05) is 26.2 Å². The first-order valence-corrected chi connectivity index (χ1v) is 10.5. The summed E-state index contributed by atoms with van der Waals surface area (Å²) in [5.74, 6) is -0.317. The third-order valence-corrected chi connectivity index (χ3v) is 5.65. The number of nitrogens with one attached hydrogen (secondary N) is 3. The molecule has 1 aliphatic heterocycles. The average molecular weight is 409 g/mol. The third-order valence-electron chi connectivity index (χ3n) is 5.65. The van der Waals surface area contributed by atoms with E-state index in [-0.39, 0.29) is 23.1 Å². The minimum atomic E-state index is -0.317. The smallest absolute Gasteiger partial charge is 0.263 e. The maximum Gasteiger partial charge on any atom is 0.263 e. The second-order valence-electron chi connectivity index (χ2n) is 7.72. The molecular formula is C23H28N4O3. The van der Waals surface area contributed by atoms with E-state index in [0.717, 1.165) is 36.0 Å². The van der Waals surface area contributed by atoms with Crippen LogP contribution in [0.25, 0.3) is 10.9 Å². The number of fused-ring (bicyclic) bond motifs is 1. The van der Waals surface area contributed by atoms with Crippen molar-refractivity contribution in [3.63, 3.8) is 0 Å². The summed E-state index contributed by atoms with van der Waals surface area (Å²) < 4.78 is 7.27. The number of benzene rings is 1. The van der Waals surface area contributed by atoms with Crippen molar-refractivity contribution in [3.05, 3.63) is 69.8 Å².